The molecule has 4 heteroatoms. The molecule has 1 N–H and O–H groups in total. The molecule has 2 aromatic rings. The molecule has 0 amide bonds. The van der Waals surface area contributed by atoms with E-state index in [1.54, 1.807) is 0 Å². The van der Waals surface area contributed by atoms with Crippen LogP contribution in [0.2, 0.25) is 5.02 Å². The van der Waals surface area contributed by atoms with Gasteiger partial charge in [0.1, 0.15) is 12.4 Å². The Kier molecular flexibility index (Phi) is 5.46. The molecule has 0 bridgehead atoms. The standard InChI is InChI=1S/C16H17BrClNO/c1-11(19-2)15-9-13(17)6-7-16(15)20-10-12-4-3-5-14(18)8-12/h3-9,11,19H,10H2,1-2H3. The molecule has 0 saturated heterocycles. The van der Waals surface area contributed by atoms with Gasteiger partial charge in [-0.2, -0.15) is 0 Å². The fourth-order valence-electron chi connectivity index (χ4n) is 1.93. The van der Waals surface area contributed by atoms with Crippen LogP contribution in [0.3, 0.4) is 0 Å². The molecule has 0 saturated carbocycles. The van der Waals surface area contributed by atoms with Crippen molar-refractivity contribution in [3.8, 4) is 5.75 Å². The molecule has 1 atom stereocenters. The summed E-state index contributed by atoms with van der Waals surface area (Å²) in [7, 11) is 1.94. The minimum Gasteiger partial charge on any atom is -0.489 e. The summed E-state index contributed by atoms with van der Waals surface area (Å²) in [6, 6.07) is 14.0. The Morgan fingerprint density at radius 2 is 2.05 bits per heavy atom. The summed E-state index contributed by atoms with van der Waals surface area (Å²) in [5, 5.41) is 3.96. The van der Waals surface area contributed by atoms with Gasteiger partial charge in [-0.05, 0) is 49.9 Å². The Labute approximate surface area is 133 Å². The van der Waals surface area contributed by atoms with Gasteiger partial charge >= 0.3 is 0 Å². The summed E-state index contributed by atoms with van der Waals surface area (Å²) in [6.45, 7) is 2.61. The zero-order chi connectivity index (χ0) is 14.5. The van der Waals surface area contributed by atoms with E-state index in [4.69, 9.17) is 16.3 Å². The summed E-state index contributed by atoms with van der Waals surface area (Å²) in [6.07, 6.45) is 0. The monoisotopic (exact) mass is 353 g/mol. The molecule has 0 aliphatic rings. The molecule has 2 aromatic carbocycles. The molecule has 1 unspecified atom stereocenters. The number of nitrogens with one attached hydrogen (secondary N) is 1. The number of hydrogen-bond acceptors (Lipinski definition) is 2. The van der Waals surface area contributed by atoms with Crippen LogP contribution in [0.15, 0.2) is 46.9 Å². The molecule has 0 aliphatic carbocycles. The topological polar surface area (TPSA) is 21.3 Å². The van der Waals surface area contributed by atoms with E-state index < -0.39 is 0 Å². The van der Waals surface area contributed by atoms with E-state index >= 15 is 0 Å². The van der Waals surface area contributed by atoms with Crippen molar-refractivity contribution >= 4 is 27.5 Å². The number of ether oxygens (including phenoxy) is 1. The minimum atomic E-state index is 0.224. The lowest BCUT2D eigenvalue weighted by Gasteiger charge is -2.17. The fourth-order valence-corrected chi connectivity index (χ4v) is 2.52. The van der Waals surface area contributed by atoms with Crippen LogP contribution in [0.5, 0.6) is 5.75 Å². The van der Waals surface area contributed by atoms with Gasteiger partial charge in [-0.25, -0.2) is 0 Å². The van der Waals surface area contributed by atoms with Gasteiger partial charge in [-0.3, -0.25) is 0 Å². The average molecular weight is 355 g/mol. The van der Waals surface area contributed by atoms with Gasteiger partial charge in [-0.1, -0.05) is 39.7 Å². The Morgan fingerprint density at radius 3 is 2.75 bits per heavy atom. The smallest absolute Gasteiger partial charge is 0.124 e. The lowest BCUT2D eigenvalue weighted by atomic mass is 10.1. The molecule has 0 spiro atoms. The third-order valence-corrected chi connectivity index (χ3v) is 3.88. The van der Waals surface area contributed by atoms with Crippen molar-refractivity contribution in [2.45, 2.75) is 19.6 Å². The van der Waals surface area contributed by atoms with E-state index in [1.165, 1.54) is 0 Å². The van der Waals surface area contributed by atoms with Crippen molar-refractivity contribution in [2.75, 3.05) is 7.05 Å². The fraction of sp³-hybridized carbons (Fsp3) is 0.250. The van der Waals surface area contributed by atoms with Gasteiger partial charge in [0.2, 0.25) is 0 Å². The third kappa shape index (κ3) is 3.98. The number of benzene rings is 2. The molecule has 2 rings (SSSR count). The highest BCUT2D eigenvalue weighted by atomic mass is 79.9. The lowest BCUT2D eigenvalue weighted by molar-refractivity contribution is 0.300. The van der Waals surface area contributed by atoms with Crippen molar-refractivity contribution in [3.63, 3.8) is 0 Å². The van der Waals surface area contributed by atoms with Gasteiger partial charge in [0.05, 0.1) is 0 Å². The van der Waals surface area contributed by atoms with Crippen LogP contribution >= 0.6 is 27.5 Å². The van der Waals surface area contributed by atoms with E-state index in [1.807, 2.05) is 43.4 Å². The van der Waals surface area contributed by atoms with E-state index in [2.05, 4.69) is 34.2 Å². The molecule has 0 heterocycles. The van der Waals surface area contributed by atoms with Crippen LogP contribution in [-0.2, 0) is 6.61 Å². The maximum Gasteiger partial charge on any atom is 0.124 e. The first kappa shape index (κ1) is 15.4. The van der Waals surface area contributed by atoms with Crippen LogP contribution < -0.4 is 10.1 Å². The highest BCUT2D eigenvalue weighted by molar-refractivity contribution is 9.10. The lowest BCUT2D eigenvalue weighted by Crippen LogP contribution is -2.13. The molecule has 106 valence electrons. The Bertz CT molecular complexity index is 588. The zero-order valence-corrected chi connectivity index (χ0v) is 13.8. The largest absolute Gasteiger partial charge is 0.489 e. The quantitative estimate of drug-likeness (QED) is 0.819. The van der Waals surface area contributed by atoms with E-state index in [-0.39, 0.29) is 6.04 Å². The van der Waals surface area contributed by atoms with Gasteiger partial charge in [-0.15, -0.1) is 0 Å². The second-order valence-electron chi connectivity index (χ2n) is 4.61. The summed E-state index contributed by atoms with van der Waals surface area (Å²) < 4.78 is 6.98. The van der Waals surface area contributed by atoms with Crippen molar-refractivity contribution in [2.24, 2.45) is 0 Å². The van der Waals surface area contributed by atoms with Crippen LogP contribution in [-0.4, -0.2) is 7.05 Å². The van der Waals surface area contributed by atoms with Crippen LogP contribution in [0.25, 0.3) is 0 Å². The summed E-state index contributed by atoms with van der Waals surface area (Å²) in [5.74, 6) is 0.884. The van der Waals surface area contributed by atoms with Crippen LogP contribution in [0, 0.1) is 0 Å². The molecule has 0 radical (unpaired) electrons. The predicted molar refractivity (Wildman–Crippen MR) is 87.4 cm³/mol. The SMILES string of the molecule is CNC(C)c1cc(Br)ccc1OCc1cccc(Cl)c1. The maximum atomic E-state index is 5.98. The maximum absolute atomic E-state index is 5.98. The van der Waals surface area contributed by atoms with Gasteiger partial charge in [0.15, 0.2) is 0 Å². The number of hydrogen-bond donors (Lipinski definition) is 1. The molecule has 0 aromatic heterocycles. The van der Waals surface area contributed by atoms with Gasteiger partial charge in [0.25, 0.3) is 0 Å². The summed E-state index contributed by atoms with van der Waals surface area (Å²) in [4.78, 5) is 0. The zero-order valence-electron chi connectivity index (χ0n) is 11.5. The Hall–Kier alpha value is -1.03. The first-order valence-corrected chi connectivity index (χ1v) is 7.61. The highest BCUT2D eigenvalue weighted by Gasteiger charge is 2.11. The highest BCUT2D eigenvalue weighted by Crippen LogP contribution is 2.29. The van der Waals surface area contributed by atoms with Crippen LogP contribution in [0.4, 0.5) is 0 Å². The average Bonchev–Trinajstić information content (AvgIpc) is 2.45. The first-order chi connectivity index (χ1) is 9.60. The first-order valence-electron chi connectivity index (χ1n) is 6.44. The normalized spacial score (nSPS) is 12.2. The molecular formula is C16H17BrClNO. The van der Waals surface area contributed by atoms with Gasteiger partial charge in [0, 0.05) is 21.1 Å². The third-order valence-electron chi connectivity index (χ3n) is 3.15. The van der Waals surface area contributed by atoms with Crippen molar-refractivity contribution in [1.29, 1.82) is 0 Å². The molecule has 2 nitrogen and oxygen atoms in total. The second-order valence-corrected chi connectivity index (χ2v) is 5.96. The van der Waals surface area contributed by atoms with E-state index in [0.29, 0.717) is 6.61 Å². The molecule has 0 aliphatic heterocycles. The van der Waals surface area contributed by atoms with E-state index in [0.717, 1.165) is 26.4 Å². The molecule has 20 heavy (non-hydrogen) atoms. The summed E-state index contributed by atoms with van der Waals surface area (Å²) >= 11 is 9.48. The summed E-state index contributed by atoms with van der Waals surface area (Å²) in [5.41, 5.74) is 2.19. The molecule has 0 fully saturated rings. The second kappa shape index (κ2) is 7.11. The number of rotatable bonds is 5. The molecular weight excluding hydrogens is 338 g/mol. The predicted octanol–water partition coefficient (Wildman–Crippen LogP) is 4.96. The number of halogens is 2. The Morgan fingerprint density at radius 1 is 1.25 bits per heavy atom. The van der Waals surface area contributed by atoms with Crippen molar-refractivity contribution < 1.29 is 4.74 Å². The van der Waals surface area contributed by atoms with Crippen LogP contribution in [0.1, 0.15) is 24.1 Å². The van der Waals surface area contributed by atoms with Gasteiger partial charge < -0.3 is 10.1 Å². The Balaban J connectivity index is 2.16. The van der Waals surface area contributed by atoms with Crippen molar-refractivity contribution in [1.82, 2.24) is 5.32 Å². The van der Waals surface area contributed by atoms with Crippen molar-refractivity contribution in [3.05, 3.63) is 63.1 Å². The minimum absolute atomic E-state index is 0.224. The van der Waals surface area contributed by atoms with E-state index in [9.17, 15) is 0 Å².